The maximum atomic E-state index is 11.5. The fourth-order valence-corrected chi connectivity index (χ4v) is 1.68. The van der Waals surface area contributed by atoms with Crippen molar-refractivity contribution in [3.63, 3.8) is 0 Å². The van der Waals surface area contributed by atoms with Gasteiger partial charge in [0.05, 0.1) is 0 Å². The highest BCUT2D eigenvalue weighted by molar-refractivity contribution is 5.84. The van der Waals surface area contributed by atoms with E-state index in [1.54, 1.807) is 0 Å². The van der Waals surface area contributed by atoms with Crippen LogP contribution in [0.5, 0.6) is 0 Å². The fraction of sp³-hybridized carbons (Fsp3) is 0.889. The summed E-state index contributed by atoms with van der Waals surface area (Å²) in [6.07, 6.45) is 2.72. The third-order valence-corrected chi connectivity index (χ3v) is 2.70. The molecule has 64 valence electrons. The molecule has 2 nitrogen and oxygen atoms in total. The van der Waals surface area contributed by atoms with E-state index in [2.05, 4.69) is 12.2 Å². The Hall–Kier alpha value is -0.370. The third-order valence-electron chi connectivity index (χ3n) is 2.70. The predicted molar refractivity (Wildman–Crippen MR) is 45.5 cm³/mol. The summed E-state index contributed by atoms with van der Waals surface area (Å²) in [5, 5.41) is 3.27. The standard InChI is InChI=1S/C9H17NO/c1-3-8(11)9(2)4-6-10-7-5-9/h10H,3-7H2,1-2H3. The SMILES string of the molecule is CCC(=O)C1(C)CCNCC1. The number of ketones is 1. The second-order valence-electron chi connectivity index (χ2n) is 3.59. The maximum absolute atomic E-state index is 11.5. The van der Waals surface area contributed by atoms with Crippen molar-refractivity contribution in [3.05, 3.63) is 0 Å². The van der Waals surface area contributed by atoms with Crippen LogP contribution in [0, 0.1) is 5.41 Å². The molecule has 2 heteroatoms. The number of hydrogen-bond acceptors (Lipinski definition) is 2. The zero-order valence-electron chi connectivity index (χ0n) is 7.44. The Balaban J connectivity index is 2.56. The summed E-state index contributed by atoms with van der Waals surface area (Å²) in [4.78, 5) is 11.5. The van der Waals surface area contributed by atoms with E-state index in [4.69, 9.17) is 0 Å². The molecule has 1 N–H and O–H groups in total. The van der Waals surface area contributed by atoms with Crippen LogP contribution in [0.3, 0.4) is 0 Å². The lowest BCUT2D eigenvalue weighted by Gasteiger charge is -2.32. The molecule has 0 saturated carbocycles. The summed E-state index contributed by atoms with van der Waals surface area (Å²) in [7, 11) is 0. The molecule has 1 heterocycles. The van der Waals surface area contributed by atoms with Gasteiger partial charge in [0.15, 0.2) is 0 Å². The van der Waals surface area contributed by atoms with Gasteiger partial charge in [0.2, 0.25) is 0 Å². The van der Waals surface area contributed by atoms with Gasteiger partial charge in [0.25, 0.3) is 0 Å². The summed E-state index contributed by atoms with van der Waals surface area (Å²) >= 11 is 0. The normalized spacial score (nSPS) is 23.1. The molecule has 1 aliphatic heterocycles. The summed E-state index contributed by atoms with van der Waals surface area (Å²) in [6, 6.07) is 0. The number of nitrogens with one attached hydrogen (secondary N) is 1. The van der Waals surface area contributed by atoms with Gasteiger partial charge in [0.1, 0.15) is 5.78 Å². The smallest absolute Gasteiger partial charge is 0.138 e. The molecule has 0 amide bonds. The van der Waals surface area contributed by atoms with Gasteiger partial charge in [-0.05, 0) is 25.9 Å². The van der Waals surface area contributed by atoms with Crippen LogP contribution in [0.15, 0.2) is 0 Å². The van der Waals surface area contributed by atoms with E-state index in [0.717, 1.165) is 25.9 Å². The molecular formula is C9H17NO. The molecule has 0 spiro atoms. The van der Waals surface area contributed by atoms with Crippen LogP contribution in [-0.4, -0.2) is 18.9 Å². The Morgan fingerprint density at radius 1 is 1.45 bits per heavy atom. The zero-order chi connectivity index (χ0) is 8.32. The minimum absolute atomic E-state index is 0.0139. The van der Waals surface area contributed by atoms with Gasteiger partial charge in [-0.3, -0.25) is 4.79 Å². The molecule has 1 fully saturated rings. The molecule has 0 aromatic heterocycles. The quantitative estimate of drug-likeness (QED) is 0.652. The first-order valence-electron chi connectivity index (χ1n) is 4.43. The van der Waals surface area contributed by atoms with Crippen LogP contribution >= 0.6 is 0 Å². The van der Waals surface area contributed by atoms with E-state index >= 15 is 0 Å². The molecule has 11 heavy (non-hydrogen) atoms. The van der Waals surface area contributed by atoms with Crippen molar-refractivity contribution in [1.82, 2.24) is 5.32 Å². The van der Waals surface area contributed by atoms with Crippen molar-refractivity contribution in [3.8, 4) is 0 Å². The van der Waals surface area contributed by atoms with Gasteiger partial charge in [-0.2, -0.15) is 0 Å². The highest BCUT2D eigenvalue weighted by atomic mass is 16.1. The number of carbonyl (C=O) groups excluding carboxylic acids is 1. The average Bonchev–Trinajstić information content (AvgIpc) is 2.04. The Bertz CT molecular complexity index is 148. The van der Waals surface area contributed by atoms with Crippen LogP contribution in [0.1, 0.15) is 33.1 Å². The Labute approximate surface area is 68.4 Å². The van der Waals surface area contributed by atoms with Crippen molar-refractivity contribution in [2.75, 3.05) is 13.1 Å². The van der Waals surface area contributed by atoms with Gasteiger partial charge < -0.3 is 5.32 Å². The molecule has 1 saturated heterocycles. The number of Topliss-reactive ketones (excluding diaryl/α,β-unsaturated/α-hetero) is 1. The van der Waals surface area contributed by atoms with E-state index in [9.17, 15) is 4.79 Å². The minimum Gasteiger partial charge on any atom is -0.317 e. The van der Waals surface area contributed by atoms with Crippen LogP contribution in [-0.2, 0) is 4.79 Å². The number of rotatable bonds is 2. The molecule has 0 aliphatic carbocycles. The van der Waals surface area contributed by atoms with E-state index < -0.39 is 0 Å². The highest BCUT2D eigenvalue weighted by Gasteiger charge is 2.32. The molecule has 0 bridgehead atoms. The van der Waals surface area contributed by atoms with E-state index in [-0.39, 0.29) is 5.41 Å². The third kappa shape index (κ3) is 1.80. The first-order chi connectivity index (χ1) is 5.19. The molecule has 0 unspecified atom stereocenters. The van der Waals surface area contributed by atoms with Gasteiger partial charge in [-0.1, -0.05) is 13.8 Å². The van der Waals surface area contributed by atoms with Crippen LogP contribution in [0.2, 0.25) is 0 Å². The van der Waals surface area contributed by atoms with E-state index in [1.165, 1.54) is 0 Å². The van der Waals surface area contributed by atoms with Crippen molar-refractivity contribution >= 4 is 5.78 Å². The van der Waals surface area contributed by atoms with E-state index in [1.807, 2.05) is 6.92 Å². The zero-order valence-corrected chi connectivity index (χ0v) is 7.44. The molecule has 0 atom stereocenters. The second-order valence-corrected chi connectivity index (χ2v) is 3.59. The highest BCUT2D eigenvalue weighted by Crippen LogP contribution is 2.29. The number of hydrogen-bond donors (Lipinski definition) is 1. The first kappa shape index (κ1) is 8.72. The summed E-state index contributed by atoms with van der Waals surface area (Å²) in [5.74, 6) is 0.430. The topological polar surface area (TPSA) is 29.1 Å². The monoisotopic (exact) mass is 155 g/mol. The van der Waals surface area contributed by atoms with Crippen LogP contribution in [0.4, 0.5) is 0 Å². The van der Waals surface area contributed by atoms with Crippen molar-refractivity contribution in [1.29, 1.82) is 0 Å². The number of carbonyl (C=O) groups is 1. The molecule has 0 aromatic carbocycles. The molecule has 1 aliphatic rings. The average molecular weight is 155 g/mol. The summed E-state index contributed by atoms with van der Waals surface area (Å²) in [5.41, 5.74) is -0.0139. The molecular weight excluding hydrogens is 138 g/mol. The first-order valence-corrected chi connectivity index (χ1v) is 4.43. The molecule has 1 rings (SSSR count). The lowest BCUT2D eigenvalue weighted by Crippen LogP contribution is -2.39. The largest absolute Gasteiger partial charge is 0.317 e. The molecule has 0 radical (unpaired) electrons. The summed E-state index contributed by atoms with van der Waals surface area (Å²) in [6.45, 7) is 6.06. The van der Waals surface area contributed by atoms with Gasteiger partial charge in [-0.15, -0.1) is 0 Å². The predicted octanol–water partition coefficient (Wildman–Crippen LogP) is 1.36. The van der Waals surface area contributed by atoms with Crippen LogP contribution in [0.25, 0.3) is 0 Å². The van der Waals surface area contributed by atoms with Crippen LogP contribution < -0.4 is 5.32 Å². The van der Waals surface area contributed by atoms with Crippen molar-refractivity contribution in [2.45, 2.75) is 33.1 Å². The van der Waals surface area contributed by atoms with Gasteiger partial charge in [-0.25, -0.2) is 0 Å². The Kier molecular flexibility index (Phi) is 2.66. The Morgan fingerprint density at radius 2 is 2.00 bits per heavy atom. The van der Waals surface area contributed by atoms with Crippen molar-refractivity contribution in [2.24, 2.45) is 5.41 Å². The lowest BCUT2D eigenvalue weighted by molar-refractivity contribution is -0.128. The number of piperidine rings is 1. The fourth-order valence-electron chi connectivity index (χ4n) is 1.68. The van der Waals surface area contributed by atoms with Gasteiger partial charge in [0, 0.05) is 11.8 Å². The minimum atomic E-state index is -0.0139. The lowest BCUT2D eigenvalue weighted by atomic mass is 9.76. The Morgan fingerprint density at radius 3 is 2.45 bits per heavy atom. The summed E-state index contributed by atoms with van der Waals surface area (Å²) < 4.78 is 0. The van der Waals surface area contributed by atoms with Crippen molar-refractivity contribution < 1.29 is 4.79 Å². The maximum Gasteiger partial charge on any atom is 0.138 e. The molecule has 0 aromatic rings. The second kappa shape index (κ2) is 3.35. The van der Waals surface area contributed by atoms with Gasteiger partial charge >= 0.3 is 0 Å². The van der Waals surface area contributed by atoms with E-state index in [0.29, 0.717) is 12.2 Å².